The fraction of sp³-hybridized carbons (Fsp3) is 0.0526. The van der Waals surface area contributed by atoms with E-state index in [-0.39, 0.29) is 5.56 Å². The van der Waals surface area contributed by atoms with Crippen molar-refractivity contribution in [1.29, 1.82) is 0 Å². The fourth-order valence-electron chi connectivity index (χ4n) is 2.75. The zero-order chi connectivity index (χ0) is 16.4. The zero-order valence-electron chi connectivity index (χ0n) is 12.9. The molecule has 0 unspecified atom stereocenters. The Morgan fingerprint density at radius 3 is 2.42 bits per heavy atom. The van der Waals surface area contributed by atoms with Gasteiger partial charge in [0.05, 0.1) is 5.39 Å². The van der Waals surface area contributed by atoms with Gasteiger partial charge in [-0.25, -0.2) is 0 Å². The highest BCUT2D eigenvalue weighted by Crippen LogP contribution is 2.25. The number of hydrogen-bond donors (Lipinski definition) is 3. The van der Waals surface area contributed by atoms with Crippen LogP contribution in [0.2, 0.25) is 0 Å². The molecule has 5 heteroatoms. The minimum absolute atomic E-state index is 0.157. The van der Waals surface area contributed by atoms with E-state index >= 15 is 0 Å². The van der Waals surface area contributed by atoms with E-state index in [0.29, 0.717) is 23.5 Å². The molecule has 118 valence electrons. The van der Waals surface area contributed by atoms with Crippen LogP contribution in [0.4, 0.5) is 5.95 Å². The Morgan fingerprint density at radius 1 is 0.958 bits per heavy atom. The molecule has 0 spiro atoms. The first-order valence-electron chi connectivity index (χ1n) is 7.76. The van der Waals surface area contributed by atoms with Crippen LogP contribution in [0.1, 0.15) is 5.56 Å². The van der Waals surface area contributed by atoms with E-state index < -0.39 is 0 Å². The van der Waals surface area contributed by atoms with Gasteiger partial charge < -0.3 is 10.3 Å². The number of aromatic amines is 2. The van der Waals surface area contributed by atoms with Crippen molar-refractivity contribution in [3.05, 3.63) is 82.8 Å². The second-order valence-electron chi connectivity index (χ2n) is 5.55. The highest BCUT2D eigenvalue weighted by molar-refractivity contribution is 5.93. The molecule has 24 heavy (non-hydrogen) atoms. The van der Waals surface area contributed by atoms with Crippen LogP contribution in [0.5, 0.6) is 0 Å². The molecule has 4 aromatic rings. The third kappa shape index (κ3) is 2.67. The van der Waals surface area contributed by atoms with Crippen molar-refractivity contribution in [3.63, 3.8) is 0 Å². The van der Waals surface area contributed by atoms with Gasteiger partial charge in [-0.15, -0.1) is 0 Å². The number of nitrogens with zero attached hydrogens (tertiary/aromatic N) is 1. The molecule has 2 aromatic heterocycles. The van der Waals surface area contributed by atoms with Crippen LogP contribution in [0.25, 0.3) is 22.2 Å². The topological polar surface area (TPSA) is 73.6 Å². The standard InChI is InChI=1S/C19H16N4O/c24-18-16-15(14-9-5-2-6-10-14)12-20-17(16)22-19(23-18)21-11-13-7-3-1-4-8-13/h1-10,12H,11H2,(H3,20,21,22,23,24). The van der Waals surface area contributed by atoms with Gasteiger partial charge in [-0.3, -0.25) is 9.78 Å². The first-order valence-corrected chi connectivity index (χ1v) is 7.76. The Hall–Kier alpha value is -3.34. The molecule has 0 amide bonds. The van der Waals surface area contributed by atoms with Gasteiger partial charge >= 0.3 is 0 Å². The van der Waals surface area contributed by atoms with Crippen LogP contribution in [0.3, 0.4) is 0 Å². The van der Waals surface area contributed by atoms with Crippen molar-refractivity contribution in [2.24, 2.45) is 0 Å². The SMILES string of the molecule is O=c1[nH]c(NCc2ccccc2)nc2[nH]cc(-c3ccccc3)c12. The summed E-state index contributed by atoms with van der Waals surface area (Å²) in [6.07, 6.45) is 1.82. The maximum Gasteiger partial charge on any atom is 0.262 e. The average molecular weight is 316 g/mol. The Kier molecular flexibility index (Phi) is 3.59. The number of rotatable bonds is 4. The number of H-pyrrole nitrogens is 2. The van der Waals surface area contributed by atoms with E-state index in [1.54, 1.807) is 0 Å². The smallest absolute Gasteiger partial charge is 0.262 e. The van der Waals surface area contributed by atoms with E-state index in [0.717, 1.165) is 16.7 Å². The third-order valence-electron chi connectivity index (χ3n) is 3.93. The Morgan fingerprint density at radius 2 is 1.67 bits per heavy atom. The molecule has 0 radical (unpaired) electrons. The number of fused-ring (bicyclic) bond motifs is 1. The second-order valence-corrected chi connectivity index (χ2v) is 5.55. The summed E-state index contributed by atoms with van der Waals surface area (Å²) in [7, 11) is 0. The van der Waals surface area contributed by atoms with Crippen LogP contribution in [0.15, 0.2) is 71.7 Å². The monoisotopic (exact) mass is 316 g/mol. The molecule has 3 N–H and O–H groups in total. The lowest BCUT2D eigenvalue weighted by Crippen LogP contribution is -2.13. The summed E-state index contributed by atoms with van der Waals surface area (Å²) in [6.45, 7) is 0.599. The Balaban J connectivity index is 1.68. The largest absolute Gasteiger partial charge is 0.352 e. The summed E-state index contributed by atoms with van der Waals surface area (Å²) in [5.74, 6) is 0.456. The van der Waals surface area contributed by atoms with Gasteiger partial charge in [0.25, 0.3) is 5.56 Å². The quantitative estimate of drug-likeness (QED) is 0.539. The summed E-state index contributed by atoms with van der Waals surface area (Å²) in [6, 6.07) is 19.8. The molecule has 0 saturated carbocycles. The molecular formula is C19H16N4O. The predicted molar refractivity (Wildman–Crippen MR) is 95.9 cm³/mol. The van der Waals surface area contributed by atoms with Crippen molar-refractivity contribution in [2.45, 2.75) is 6.54 Å². The molecule has 0 fully saturated rings. The van der Waals surface area contributed by atoms with Crippen LogP contribution >= 0.6 is 0 Å². The van der Waals surface area contributed by atoms with Gasteiger partial charge in [0, 0.05) is 18.3 Å². The van der Waals surface area contributed by atoms with Gasteiger partial charge in [-0.05, 0) is 11.1 Å². The lowest BCUT2D eigenvalue weighted by Gasteiger charge is -2.05. The van der Waals surface area contributed by atoms with Crippen LogP contribution in [0, 0.1) is 0 Å². The predicted octanol–water partition coefficient (Wildman–Crippen LogP) is 3.53. The minimum atomic E-state index is -0.157. The second kappa shape index (κ2) is 6.04. The lowest BCUT2D eigenvalue weighted by atomic mass is 10.1. The summed E-state index contributed by atoms with van der Waals surface area (Å²) in [5, 5.41) is 3.73. The first-order chi connectivity index (χ1) is 11.8. The van der Waals surface area contributed by atoms with E-state index in [9.17, 15) is 4.79 Å². The molecule has 5 nitrogen and oxygen atoms in total. The molecule has 0 atom stereocenters. The molecule has 2 aromatic carbocycles. The Labute approximate surface area is 138 Å². The van der Waals surface area contributed by atoms with Crippen LogP contribution in [-0.4, -0.2) is 15.0 Å². The van der Waals surface area contributed by atoms with E-state index in [1.165, 1.54) is 0 Å². The maximum absolute atomic E-state index is 12.5. The minimum Gasteiger partial charge on any atom is -0.352 e. The summed E-state index contributed by atoms with van der Waals surface area (Å²) < 4.78 is 0. The molecule has 4 rings (SSSR count). The van der Waals surface area contributed by atoms with E-state index in [2.05, 4.69) is 20.3 Å². The van der Waals surface area contributed by atoms with Crippen molar-refractivity contribution in [2.75, 3.05) is 5.32 Å². The number of hydrogen-bond acceptors (Lipinski definition) is 3. The number of nitrogens with one attached hydrogen (secondary N) is 3. The molecular weight excluding hydrogens is 300 g/mol. The number of anilines is 1. The first kappa shape index (κ1) is 14.3. The fourth-order valence-corrected chi connectivity index (χ4v) is 2.75. The average Bonchev–Trinajstić information content (AvgIpc) is 3.06. The lowest BCUT2D eigenvalue weighted by molar-refractivity contribution is 1.05. The van der Waals surface area contributed by atoms with Gasteiger partial charge in [0.1, 0.15) is 5.65 Å². The third-order valence-corrected chi connectivity index (χ3v) is 3.93. The van der Waals surface area contributed by atoms with Crippen molar-refractivity contribution >= 4 is 17.0 Å². The van der Waals surface area contributed by atoms with E-state index in [4.69, 9.17) is 0 Å². The van der Waals surface area contributed by atoms with Gasteiger partial charge in [0.15, 0.2) is 0 Å². The summed E-state index contributed by atoms with van der Waals surface area (Å²) in [5.41, 5.74) is 3.38. The van der Waals surface area contributed by atoms with Gasteiger partial charge in [0.2, 0.25) is 5.95 Å². The maximum atomic E-state index is 12.5. The van der Waals surface area contributed by atoms with Crippen LogP contribution in [-0.2, 0) is 6.54 Å². The molecule has 0 aliphatic heterocycles. The van der Waals surface area contributed by atoms with Crippen molar-refractivity contribution < 1.29 is 0 Å². The summed E-state index contributed by atoms with van der Waals surface area (Å²) in [4.78, 5) is 22.9. The van der Waals surface area contributed by atoms with Crippen molar-refractivity contribution in [3.8, 4) is 11.1 Å². The highest BCUT2D eigenvalue weighted by Gasteiger charge is 2.12. The van der Waals surface area contributed by atoms with E-state index in [1.807, 2.05) is 66.9 Å². The highest BCUT2D eigenvalue weighted by atomic mass is 16.1. The molecule has 0 aliphatic rings. The molecule has 0 bridgehead atoms. The molecule has 0 saturated heterocycles. The number of aromatic nitrogens is 3. The van der Waals surface area contributed by atoms with Crippen molar-refractivity contribution in [1.82, 2.24) is 15.0 Å². The van der Waals surface area contributed by atoms with Crippen LogP contribution < -0.4 is 10.9 Å². The summed E-state index contributed by atoms with van der Waals surface area (Å²) >= 11 is 0. The zero-order valence-corrected chi connectivity index (χ0v) is 12.9. The number of benzene rings is 2. The molecule has 0 aliphatic carbocycles. The Bertz CT molecular complexity index is 1020. The van der Waals surface area contributed by atoms with Gasteiger partial charge in [-0.1, -0.05) is 60.7 Å². The molecule has 2 heterocycles. The normalized spacial score (nSPS) is 10.8. The van der Waals surface area contributed by atoms with Gasteiger partial charge in [-0.2, -0.15) is 4.98 Å².